The smallest absolute Gasteiger partial charge is 0.317 e. The molecule has 0 aliphatic carbocycles. The molecule has 0 aliphatic heterocycles. The molecule has 2 N–H and O–H groups in total. The zero-order valence-electron chi connectivity index (χ0n) is 14.7. The van der Waals surface area contributed by atoms with Gasteiger partial charge in [-0.15, -0.1) is 0 Å². The second kappa shape index (κ2) is 7.97. The summed E-state index contributed by atoms with van der Waals surface area (Å²) >= 11 is 0. The Morgan fingerprint density at radius 1 is 1.29 bits per heavy atom. The highest BCUT2D eigenvalue weighted by molar-refractivity contribution is 5.74. The van der Waals surface area contributed by atoms with Crippen molar-refractivity contribution in [3.05, 3.63) is 47.8 Å². The van der Waals surface area contributed by atoms with E-state index in [9.17, 15) is 4.79 Å². The Kier molecular flexibility index (Phi) is 5.98. The van der Waals surface area contributed by atoms with Gasteiger partial charge in [0.25, 0.3) is 0 Å². The minimum atomic E-state index is -0.221. The van der Waals surface area contributed by atoms with E-state index in [0.717, 1.165) is 16.9 Å². The van der Waals surface area contributed by atoms with Crippen molar-refractivity contribution in [3.8, 4) is 5.69 Å². The first kappa shape index (κ1) is 18.0. The van der Waals surface area contributed by atoms with Gasteiger partial charge in [-0.05, 0) is 25.0 Å². The summed E-state index contributed by atoms with van der Waals surface area (Å²) < 4.78 is 1.84. The molecule has 0 saturated carbocycles. The van der Waals surface area contributed by atoms with Gasteiger partial charge in [0.2, 0.25) is 0 Å². The molecule has 130 valence electrons. The summed E-state index contributed by atoms with van der Waals surface area (Å²) in [7, 11) is 1.67. The lowest BCUT2D eigenvalue weighted by Gasteiger charge is -2.23. The number of nitrogens with zero attached hydrogens (tertiary/aromatic N) is 3. The van der Waals surface area contributed by atoms with Crippen molar-refractivity contribution in [2.24, 2.45) is 0 Å². The number of nitrogens with one attached hydrogen (secondary N) is 1. The van der Waals surface area contributed by atoms with Gasteiger partial charge in [0.05, 0.1) is 24.0 Å². The number of hydrogen-bond acceptors (Lipinski definition) is 3. The molecule has 2 aromatic rings. The van der Waals surface area contributed by atoms with Crippen molar-refractivity contribution in [3.63, 3.8) is 0 Å². The maximum atomic E-state index is 12.2. The first-order valence-corrected chi connectivity index (χ1v) is 8.19. The first-order valence-electron chi connectivity index (χ1n) is 8.19. The zero-order chi connectivity index (χ0) is 17.7. The fourth-order valence-corrected chi connectivity index (χ4v) is 2.38. The van der Waals surface area contributed by atoms with E-state index in [1.165, 1.54) is 4.90 Å². The highest BCUT2D eigenvalue weighted by Crippen LogP contribution is 2.20. The van der Waals surface area contributed by atoms with Crippen LogP contribution in [0.1, 0.15) is 37.9 Å². The Morgan fingerprint density at radius 2 is 1.96 bits per heavy atom. The Balaban J connectivity index is 2.15. The number of likely N-dealkylation sites (N-methyl/N-ethyl adjacent to an activating group) is 1. The van der Waals surface area contributed by atoms with Gasteiger partial charge in [-0.2, -0.15) is 5.10 Å². The SMILES string of the molecule is CC(C)c1nn(-c2ccccc2)cc1CNC(=O)N(C)C(C)CO. The molecule has 6 nitrogen and oxygen atoms in total. The van der Waals surface area contributed by atoms with Crippen molar-refractivity contribution in [2.75, 3.05) is 13.7 Å². The zero-order valence-corrected chi connectivity index (χ0v) is 14.7. The van der Waals surface area contributed by atoms with Crippen LogP contribution in [0.25, 0.3) is 5.69 Å². The van der Waals surface area contributed by atoms with E-state index in [4.69, 9.17) is 5.11 Å². The fraction of sp³-hybridized carbons (Fsp3) is 0.444. The minimum absolute atomic E-state index is 0.0624. The van der Waals surface area contributed by atoms with Crippen LogP contribution in [0, 0.1) is 0 Å². The topological polar surface area (TPSA) is 70.4 Å². The molecule has 2 rings (SSSR count). The van der Waals surface area contributed by atoms with Crippen LogP contribution in [-0.4, -0.2) is 45.5 Å². The number of benzene rings is 1. The normalized spacial score (nSPS) is 12.2. The van der Waals surface area contributed by atoms with Crippen LogP contribution in [0.5, 0.6) is 0 Å². The van der Waals surface area contributed by atoms with Crippen LogP contribution < -0.4 is 5.32 Å². The molecule has 0 saturated heterocycles. The number of urea groups is 1. The van der Waals surface area contributed by atoms with Crippen molar-refractivity contribution >= 4 is 6.03 Å². The van der Waals surface area contributed by atoms with Crippen LogP contribution >= 0.6 is 0 Å². The monoisotopic (exact) mass is 330 g/mol. The van der Waals surface area contributed by atoms with Crippen LogP contribution in [0.2, 0.25) is 0 Å². The molecule has 0 fully saturated rings. The predicted octanol–water partition coefficient (Wildman–Crippen LogP) is 2.52. The summed E-state index contributed by atoms with van der Waals surface area (Å²) in [5, 5.41) is 16.7. The van der Waals surface area contributed by atoms with Gasteiger partial charge in [0, 0.05) is 25.4 Å². The molecule has 0 radical (unpaired) electrons. The van der Waals surface area contributed by atoms with Gasteiger partial charge in [-0.1, -0.05) is 32.0 Å². The third kappa shape index (κ3) is 4.14. The molecule has 1 unspecified atom stereocenters. The molecule has 2 amide bonds. The molecule has 0 spiro atoms. The van der Waals surface area contributed by atoms with E-state index >= 15 is 0 Å². The predicted molar refractivity (Wildman–Crippen MR) is 94.2 cm³/mol. The van der Waals surface area contributed by atoms with E-state index in [1.54, 1.807) is 14.0 Å². The Bertz CT molecular complexity index is 667. The van der Waals surface area contributed by atoms with Gasteiger partial charge < -0.3 is 15.3 Å². The van der Waals surface area contributed by atoms with Crippen molar-refractivity contribution in [2.45, 2.75) is 39.3 Å². The van der Waals surface area contributed by atoms with Gasteiger partial charge >= 0.3 is 6.03 Å². The number of carbonyl (C=O) groups excluding carboxylic acids is 1. The number of rotatable bonds is 6. The Hall–Kier alpha value is -2.34. The number of carbonyl (C=O) groups is 1. The molecular formula is C18H26N4O2. The standard InChI is InChI=1S/C18H26N4O2/c1-13(2)17-15(10-19-18(24)21(4)14(3)12-23)11-22(20-17)16-8-6-5-7-9-16/h5-9,11,13-14,23H,10,12H2,1-4H3,(H,19,24). The fourth-order valence-electron chi connectivity index (χ4n) is 2.38. The third-order valence-corrected chi connectivity index (χ3v) is 4.07. The molecule has 1 atom stereocenters. The minimum Gasteiger partial charge on any atom is -0.394 e. The van der Waals surface area contributed by atoms with Crippen molar-refractivity contribution in [1.82, 2.24) is 20.0 Å². The molecule has 24 heavy (non-hydrogen) atoms. The lowest BCUT2D eigenvalue weighted by molar-refractivity contribution is 0.157. The van der Waals surface area contributed by atoms with E-state index in [0.29, 0.717) is 6.54 Å². The van der Waals surface area contributed by atoms with Crippen LogP contribution in [-0.2, 0) is 6.54 Å². The van der Waals surface area contributed by atoms with Gasteiger partial charge in [0.15, 0.2) is 0 Å². The van der Waals surface area contributed by atoms with Crippen LogP contribution in [0.4, 0.5) is 4.79 Å². The second-order valence-corrected chi connectivity index (χ2v) is 6.28. The molecule has 6 heteroatoms. The maximum Gasteiger partial charge on any atom is 0.317 e. The molecule has 0 aliphatic rings. The quantitative estimate of drug-likeness (QED) is 0.855. The highest BCUT2D eigenvalue weighted by Gasteiger charge is 2.17. The number of hydrogen-bond donors (Lipinski definition) is 2. The van der Waals surface area contributed by atoms with E-state index < -0.39 is 0 Å². The van der Waals surface area contributed by atoms with Crippen molar-refractivity contribution in [1.29, 1.82) is 0 Å². The van der Waals surface area contributed by atoms with E-state index in [2.05, 4.69) is 24.3 Å². The molecule has 1 heterocycles. The summed E-state index contributed by atoms with van der Waals surface area (Å²) in [6.07, 6.45) is 1.96. The Labute approximate surface area is 143 Å². The third-order valence-electron chi connectivity index (χ3n) is 4.07. The second-order valence-electron chi connectivity index (χ2n) is 6.28. The lowest BCUT2D eigenvalue weighted by atomic mass is 10.1. The lowest BCUT2D eigenvalue weighted by Crippen LogP contribution is -2.43. The van der Waals surface area contributed by atoms with Crippen LogP contribution in [0.3, 0.4) is 0 Å². The molecule has 1 aromatic carbocycles. The van der Waals surface area contributed by atoms with Crippen molar-refractivity contribution < 1.29 is 9.90 Å². The average molecular weight is 330 g/mol. The maximum absolute atomic E-state index is 12.2. The largest absolute Gasteiger partial charge is 0.394 e. The summed E-state index contributed by atoms with van der Waals surface area (Å²) in [5.74, 6) is 0.260. The van der Waals surface area contributed by atoms with Gasteiger partial charge in [-0.25, -0.2) is 9.48 Å². The number of aliphatic hydroxyl groups is 1. The van der Waals surface area contributed by atoms with Gasteiger partial charge in [-0.3, -0.25) is 0 Å². The molecule has 0 bridgehead atoms. The van der Waals surface area contributed by atoms with Gasteiger partial charge in [0.1, 0.15) is 0 Å². The summed E-state index contributed by atoms with van der Waals surface area (Å²) in [5.41, 5.74) is 2.95. The molecule has 1 aromatic heterocycles. The number of para-hydroxylation sites is 1. The summed E-state index contributed by atoms with van der Waals surface area (Å²) in [6.45, 7) is 6.31. The van der Waals surface area contributed by atoms with E-state index in [1.807, 2.05) is 41.2 Å². The highest BCUT2D eigenvalue weighted by atomic mass is 16.3. The summed E-state index contributed by atoms with van der Waals surface area (Å²) in [4.78, 5) is 13.6. The molecular weight excluding hydrogens is 304 g/mol. The number of aromatic nitrogens is 2. The first-order chi connectivity index (χ1) is 11.4. The number of aliphatic hydroxyl groups excluding tert-OH is 1. The van der Waals surface area contributed by atoms with Crippen LogP contribution in [0.15, 0.2) is 36.5 Å². The number of amides is 2. The summed E-state index contributed by atoms with van der Waals surface area (Å²) in [6, 6.07) is 9.47. The Morgan fingerprint density at radius 3 is 2.54 bits per heavy atom. The van der Waals surface area contributed by atoms with E-state index in [-0.39, 0.29) is 24.6 Å². The average Bonchev–Trinajstić information content (AvgIpc) is 3.03.